The predicted molar refractivity (Wildman–Crippen MR) is 87.6 cm³/mol. The van der Waals surface area contributed by atoms with Gasteiger partial charge in [0, 0.05) is 16.2 Å². The van der Waals surface area contributed by atoms with Crippen molar-refractivity contribution in [3.8, 4) is 5.75 Å². The molecule has 0 radical (unpaired) electrons. The molecule has 0 aromatic heterocycles. The lowest BCUT2D eigenvalue weighted by molar-refractivity contribution is 0.0946. The molecule has 0 saturated heterocycles. The first-order valence-corrected chi connectivity index (χ1v) is 7.38. The van der Waals surface area contributed by atoms with Crippen molar-refractivity contribution in [3.05, 3.63) is 58.1 Å². The van der Waals surface area contributed by atoms with Crippen LogP contribution in [0.1, 0.15) is 15.9 Å². The Kier molecular flexibility index (Phi) is 5.22. The highest BCUT2D eigenvalue weighted by Gasteiger charge is 2.09. The van der Waals surface area contributed by atoms with Crippen LogP contribution in [0.5, 0.6) is 5.75 Å². The van der Waals surface area contributed by atoms with Crippen LogP contribution in [0.15, 0.2) is 46.9 Å². The van der Waals surface area contributed by atoms with Crippen LogP contribution in [0.3, 0.4) is 0 Å². The molecule has 5 heteroatoms. The Morgan fingerprint density at radius 3 is 2.86 bits per heavy atom. The second-order valence-corrected chi connectivity index (χ2v) is 5.51. The zero-order valence-corrected chi connectivity index (χ0v) is 13.3. The summed E-state index contributed by atoms with van der Waals surface area (Å²) in [5.74, 6) is 0.572. The maximum atomic E-state index is 12.1. The van der Waals surface area contributed by atoms with Crippen molar-refractivity contribution < 1.29 is 9.53 Å². The molecule has 0 aliphatic carbocycles. The van der Waals surface area contributed by atoms with Gasteiger partial charge in [-0.05, 0) is 47.1 Å². The molecule has 0 aliphatic rings. The fourth-order valence-corrected chi connectivity index (χ4v) is 2.27. The van der Waals surface area contributed by atoms with E-state index in [9.17, 15) is 4.79 Å². The van der Waals surface area contributed by atoms with Gasteiger partial charge in [-0.3, -0.25) is 4.79 Å². The maximum Gasteiger partial charge on any atom is 0.252 e. The number of rotatable bonds is 5. The Morgan fingerprint density at radius 1 is 1.29 bits per heavy atom. The van der Waals surface area contributed by atoms with E-state index in [0.717, 1.165) is 10.0 Å². The van der Waals surface area contributed by atoms with E-state index in [4.69, 9.17) is 10.5 Å². The number of anilines is 1. The average Bonchev–Trinajstić information content (AvgIpc) is 2.46. The van der Waals surface area contributed by atoms with Gasteiger partial charge in [-0.1, -0.05) is 17.7 Å². The fourth-order valence-electron chi connectivity index (χ4n) is 1.85. The van der Waals surface area contributed by atoms with E-state index >= 15 is 0 Å². The number of benzene rings is 2. The number of aryl methyl sites for hydroxylation is 1. The van der Waals surface area contributed by atoms with Crippen LogP contribution < -0.4 is 15.8 Å². The van der Waals surface area contributed by atoms with Crippen molar-refractivity contribution in [2.75, 3.05) is 18.9 Å². The summed E-state index contributed by atoms with van der Waals surface area (Å²) in [5, 5.41) is 2.83. The molecule has 0 heterocycles. The first-order valence-electron chi connectivity index (χ1n) is 6.59. The van der Waals surface area contributed by atoms with E-state index in [0.29, 0.717) is 30.2 Å². The third-order valence-electron chi connectivity index (χ3n) is 2.88. The third-order valence-corrected chi connectivity index (χ3v) is 3.57. The van der Waals surface area contributed by atoms with Gasteiger partial charge < -0.3 is 15.8 Å². The van der Waals surface area contributed by atoms with E-state index in [1.807, 2.05) is 37.3 Å². The van der Waals surface area contributed by atoms with Gasteiger partial charge in [0.15, 0.2) is 0 Å². The van der Waals surface area contributed by atoms with Crippen molar-refractivity contribution in [2.45, 2.75) is 6.92 Å². The summed E-state index contributed by atoms with van der Waals surface area (Å²) in [6.45, 7) is 2.76. The summed E-state index contributed by atoms with van der Waals surface area (Å²) >= 11 is 3.38. The zero-order chi connectivity index (χ0) is 15.2. The molecule has 0 bridgehead atoms. The van der Waals surface area contributed by atoms with Crippen LogP contribution >= 0.6 is 15.9 Å². The lowest BCUT2D eigenvalue weighted by Crippen LogP contribution is -2.28. The summed E-state index contributed by atoms with van der Waals surface area (Å²) in [5.41, 5.74) is 7.98. The average molecular weight is 349 g/mol. The molecule has 2 rings (SSSR count). The molecule has 0 atom stereocenters. The van der Waals surface area contributed by atoms with Gasteiger partial charge in [-0.15, -0.1) is 0 Å². The molecule has 0 aliphatic heterocycles. The molecular weight excluding hydrogens is 332 g/mol. The minimum atomic E-state index is -0.123. The topological polar surface area (TPSA) is 64.3 Å². The van der Waals surface area contributed by atoms with Crippen LogP contribution in [-0.4, -0.2) is 19.1 Å². The molecule has 0 spiro atoms. The van der Waals surface area contributed by atoms with E-state index in [2.05, 4.69) is 21.2 Å². The number of carbonyl (C=O) groups is 1. The summed E-state index contributed by atoms with van der Waals surface area (Å²) in [7, 11) is 0. The molecule has 0 unspecified atom stereocenters. The van der Waals surface area contributed by atoms with E-state index in [1.165, 1.54) is 0 Å². The van der Waals surface area contributed by atoms with E-state index < -0.39 is 0 Å². The summed E-state index contributed by atoms with van der Waals surface area (Å²) in [6.07, 6.45) is 0. The number of amides is 1. The summed E-state index contributed by atoms with van der Waals surface area (Å²) in [6, 6.07) is 12.9. The number of carbonyl (C=O) groups excluding carboxylic acids is 1. The highest BCUT2D eigenvalue weighted by molar-refractivity contribution is 9.10. The normalized spacial score (nSPS) is 10.2. The minimum absolute atomic E-state index is 0.123. The molecule has 110 valence electrons. The quantitative estimate of drug-likeness (QED) is 0.644. The Balaban J connectivity index is 1.83. The van der Waals surface area contributed by atoms with Crippen LogP contribution in [-0.2, 0) is 0 Å². The Hall–Kier alpha value is -2.01. The second kappa shape index (κ2) is 7.13. The number of hydrogen-bond donors (Lipinski definition) is 2. The zero-order valence-electron chi connectivity index (χ0n) is 11.7. The molecule has 2 aromatic carbocycles. The van der Waals surface area contributed by atoms with Crippen molar-refractivity contribution in [1.29, 1.82) is 0 Å². The lowest BCUT2D eigenvalue weighted by Gasteiger charge is -2.09. The van der Waals surface area contributed by atoms with Crippen LogP contribution in [0.4, 0.5) is 5.69 Å². The first-order chi connectivity index (χ1) is 10.1. The SMILES string of the molecule is Cc1ccc(Br)c(C(=O)NCCOc2cccc(N)c2)c1. The van der Waals surface area contributed by atoms with Crippen molar-refractivity contribution in [2.24, 2.45) is 0 Å². The van der Waals surface area contributed by atoms with Gasteiger partial charge >= 0.3 is 0 Å². The van der Waals surface area contributed by atoms with Crippen LogP contribution in [0, 0.1) is 6.92 Å². The first kappa shape index (κ1) is 15.4. The van der Waals surface area contributed by atoms with Gasteiger partial charge in [-0.2, -0.15) is 0 Å². The Labute approximate surface area is 132 Å². The van der Waals surface area contributed by atoms with E-state index in [1.54, 1.807) is 12.1 Å². The van der Waals surface area contributed by atoms with Crippen molar-refractivity contribution >= 4 is 27.5 Å². The standard InChI is InChI=1S/C16H17BrN2O2/c1-11-5-6-15(17)14(9-11)16(20)19-7-8-21-13-4-2-3-12(18)10-13/h2-6,9-10H,7-8,18H2,1H3,(H,19,20). The Morgan fingerprint density at radius 2 is 2.10 bits per heavy atom. The molecule has 4 nitrogen and oxygen atoms in total. The second-order valence-electron chi connectivity index (χ2n) is 4.66. The summed E-state index contributed by atoms with van der Waals surface area (Å²) < 4.78 is 6.30. The lowest BCUT2D eigenvalue weighted by atomic mass is 10.1. The number of ether oxygens (including phenoxy) is 1. The number of nitrogens with two attached hydrogens (primary N) is 1. The van der Waals surface area contributed by atoms with Gasteiger partial charge in [-0.25, -0.2) is 0 Å². The van der Waals surface area contributed by atoms with Gasteiger partial charge in [0.2, 0.25) is 0 Å². The molecular formula is C16H17BrN2O2. The molecule has 2 aromatic rings. The minimum Gasteiger partial charge on any atom is -0.492 e. The van der Waals surface area contributed by atoms with Crippen molar-refractivity contribution in [1.82, 2.24) is 5.32 Å². The van der Waals surface area contributed by atoms with E-state index in [-0.39, 0.29) is 5.91 Å². The number of halogens is 1. The fraction of sp³-hybridized carbons (Fsp3) is 0.188. The smallest absolute Gasteiger partial charge is 0.252 e. The van der Waals surface area contributed by atoms with Crippen molar-refractivity contribution in [3.63, 3.8) is 0 Å². The molecule has 0 saturated carbocycles. The maximum absolute atomic E-state index is 12.1. The largest absolute Gasteiger partial charge is 0.492 e. The monoisotopic (exact) mass is 348 g/mol. The van der Waals surface area contributed by atoms with Gasteiger partial charge in [0.25, 0.3) is 5.91 Å². The highest BCUT2D eigenvalue weighted by atomic mass is 79.9. The predicted octanol–water partition coefficient (Wildman–Crippen LogP) is 3.15. The van der Waals surface area contributed by atoms with Gasteiger partial charge in [0.05, 0.1) is 12.1 Å². The molecule has 0 fully saturated rings. The van der Waals surface area contributed by atoms with Gasteiger partial charge in [0.1, 0.15) is 12.4 Å². The number of nitrogens with one attached hydrogen (secondary N) is 1. The number of nitrogen functional groups attached to an aromatic ring is 1. The van der Waals surface area contributed by atoms with Crippen LogP contribution in [0.2, 0.25) is 0 Å². The Bertz CT molecular complexity index is 644. The molecule has 21 heavy (non-hydrogen) atoms. The summed E-state index contributed by atoms with van der Waals surface area (Å²) in [4.78, 5) is 12.1. The van der Waals surface area contributed by atoms with Crippen LogP contribution in [0.25, 0.3) is 0 Å². The molecule has 3 N–H and O–H groups in total. The molecule has 1 amide bonds. The third kappa shape index (κ3) is 4.49. The number of hydrogen-bond acceptors (Lipinski definition) is 3. The highest BCUT2D eigenvalue weighted by Crippen LogP contribution is 2.18.